The van der Waals surface area contributed by atoms with E-state index >= 15 is 0 Å². The summed E-state index contributed by atoms with van der Waals surface area (Å²) in [5.41, 5.74) is 0.0626. The molecule has 0 bridgehead atoms. The molecular weight excluding hydrogens is 202 g/mol. The third-order valence-corrected chi connectivity index (χ3v) is 3.48. The molecule has 0 aromatic rings. The Kier molecular flexibility index (Phi) is 6.03. The molecule has 0 saturated carbocycles. The summed E-state index contributed by atoms with van der Waals surface area (Å²) in [6.07, 6.45) is 6.24. The van der Waals surface area contributed by atoms with Crippen LogP contribution in [0.2, 0.25) is 0 Å². The van der Waals surface area contributed by atoms with Crippen molar-refractivity contribution in [3.63, 3.8) is 0 Å². The predicted molar refractivity (Wildman–Crippen MR) is 66.5 cm³/mol. The van der Waals surface area contributed by atoms with Gasteiger partial charge in [0.15, 0.2) is 0 Å². The van der Waals surface area contributed by atoms with E-state index in [4.69, 9.17) is 4.74 Å². The lowest BCUT2D eigenvalue weighted by atomic mass is 9.78. The molecule has 0 aromatic heterocycles. The van der Waals surface area contributed by atoms with Crippen molar-refractivity contribution in [1.82, 2.24) is 4.90 Å². The Balaban J connectivity index is 2.41. The topological polar surface area (TPSA) is 32.7 Å². The lowest BCUT2D eigenvalue weighted by Gasteiger charge is -2.41. The van der Waals surface area contributed by atoms with Gasteiger partial charge in [0.2, 0.25) is 0 Å². The Labute approximate surface area is 99.1 Å². The Morgan fingerprint density at radius 1 is 1.56 bits per heavy atom. The van der Waals surface area contributed by atoms with E-state index in [1.54, 1.807) is 7.11 Å². The van der Waals surface area contributed by atoms with E-state index in [2.05, 4.69) is 11.5 Å². The monoisotopic (exact) mass is 227 g/mol. The maximum atomic E-state index is 9.56. The number of aliphatic hydroxyl groups is 1. The molecule has 3 heteroatoms. The smallest absolute Gasteiger partial charge is 0.0502 e. The van der Waals surface area contributed by atoms with Crippen LogP contribution >= 0.6 is 0 Å². The number of ether oxygens (including phenoxy) is 1. The summed E-state index contributed by atoms with van der Waals surface area (Å²) in [4.78, 5) is 2.45. The van der Waals surface area contributed by atoms with Gasteiger partial charge in [-0.15, -0.1) is 6.58 Å². The van der Waals surface area contributed by atoms with Gasteiger partial charge in [-0.25, -0.2) is 0 Å². The van der Waals surface area contributed by atoms with E-state index < -0.39 is 0 Å². The summed E-state index contributed by atoms with van der Waals surface area (Å²) in [5.74, 6) is 0. The predicted octanol–water partition coefficient (Wildman–Crippen LogP) is 1.67. The third-order valence-electron chi connectivity index (χ3n) is 3.48. The van der Waals surface area contributed by atoms with Gasteiger partial charge in [0.05, 0.1) is 6.61 Å². The minimum Gasteiger partial charge on any atom is -0.396 e. The standard InChI is InChI=1S/C13H25NO2/c1-3-6-13(12-15)7-4-8-14(11-13)9-5-10-16-2/h3,15H,1,4-12H2,2H3. The van der Waals surface area contributed by atoms with E-state index in [0.717, 1.165) is 45.5 Å². The first-order valence-electron chi connectivity index (χ1n) is 6.19. The van der Waals surface area contributed by atoms with E-state index in [-0.39, 0.29) is 12.0 Å². The van der Waals surface area contributed by atoms with Crippen molar-refractivity contribution in [3.05, 3.63) is 12.7 Å². The SMILES string of the molecule is C=CCC1(CO)CCCN(CCCOC)C1. The average molecular weight is 227 g/mol. The maximum absolute atomic E-state index is 9.56. The summed E-state index contributed by atoms with van der Waals surface area (Å²) in [7, 11) is 1.74. The molecule has 0 amide bonds. The average Bonchev–Trinajstić information content (AvgIpc) is 2.30. The van der Waals surface area contributed by atoms with Crippen LogP contribution in [0.1, 0.15) is 25.7 Å². The van der Waals surface area contributed by atoms with Gasteiger partial charge in [-0.1, -0.05) is 6.08 Å². The van der Waals surface area contributed by atoms with Crippen molar-refractivity contribution in [2.24, 2.45) is 5.41 Å². The summed E-state index contributed by atoms with van der Waals surface area (Å²) in [6.45, 7) is 8.13. The van der Waals surface area contributed by atoms with Gasteiger partial charge in [-0.2, -0.15) is 0 Å². The van der Waals surface area contributed by atoms with Gasteiger partial charge < -0.3 is 14.7 Å². The Hall–Kier alpha value is -0.380. The van der Waals surface area contributed by atoms with Gasteiger partial charge in [-0.05, 0) is 32.2 Å². The van der Waals surface area contributed by atoms with E-state index in [9.17, 15) is 5.11 Å². The minimum absolute atomic E-state index is 0.0626. The zero-order valence-electron chi connectivity index (χ0n) is 10.5. The fourth-order valence-corrected chi connectivity index (χ4v) is 2.60. The second-order valence-electron chi connectivity index (χ2n) is 4.88. The molecule has 1 atom stereocenters. The van der Waals surface area contributed by atoms with Crippen LogP contribution < -0.4 is 0 Å². The number of rotatable bonds is 7. The van der Waals surface area contributed by atoms with Crippen LogP contribution in [-0.4, -0.2) is 50.0 Å². The van der Waals surface area contributed by atoms with Gasteiger partial charge in [0, 0.05) is 32.2 Å². The Bertz CT molecular complexity index is 208. The molecule has 0 aromatic carbocycles. The zero-order chi connectivity index (χ0) is 11.9. The first kappa shape index (κ1) is 13.7. The van der Waals surface area contributed by atoms with Crippen LogP contribution in [-0.2, 0) is 4.74 Å². The first-order valence-corrected chi connectivity index (χ1v) is 6.19. The van der Waals surface area contributed by atoms with Crippen LogP contribution in [0.4, 0.5) is 0 Å². The molecular formula is C13H25NO2. The molecule has 1 aliphatic heterocycles. The highest BCUT2D eigenvalue weighted by Gasteiger charge is 2.33. The number of likely N-dealkylation sites (tertiary alicyclic amines) is 1. The Morgan fingerprint density at radius 3 is 3.00 bits per heavy atom. The van der Waals surface area contributed by atoms with Crippen LogP contribution in [0.15, 0.2) is 12.7 Å². The number of methoxy groups -OCH3 is 1. The van der Waals surface area contributed by atoms with Crippen molar-refractivity contribution in [2.45, 2.75) is 25.7 Å². The lowest BCUT2D eigenvalue weighted by Crippen LogP contribution is -2.45. The van der Waals surface area contributed by atoms with Crippen LogP contribution in [0.5, 0.6) is 0 Å². The second kappa shape index (κ2) is 7.05. The van der Waals surface area contributed by atoms with Crippen molar-refractivity contribution in [1.29, 1.82) is 0 Å². The van der Waals surface area contributed by atoms with E-state index in [0.29, 0.717) is 0 Å². The molecule has 1 aliphatic rings. The minimum atomic E-state index is 0.0626. The molecule has 3 nitrogen and oxygen atoms in total. The van der Waals surface area contributed by atoms with E-state index in [1.165, 1.54) is 6.42 Å². The number of hydrogen-bond acceptors (Lipinski definition) is 3. The molecule has 0 spiro atoms. The summed E-state index contributed by atoms with van der Waals surface area (Å²) >= 11 is 0. The fourth-order valence-electron chi connectivity index (χ4n) is 2.60. The van der Waals surface area contributed by atoms with Gasteiger partial charge in [-0.3, -0.25) is 0 Å². The summed E-state index contributed by atoms with van der Waals surface area (Å²) < 4.78 is 5.07. The lowest BCUT2D eigenvalue weighted by molar-refractivity contribution is 0.0309. The quantitative estimate of drug-likeness (QED) is 0.530. The fraction of sp³-hybridized carbons (Fsp3) is 0.846. The number of hydrogen-bond donors (Lipinski definition) is 1. The highest BCUT2D eigenvalue weighted by Crippen LogP contribution is 2.33. The molecule has 16 heavy (non-hydrogen) atoms. The molecule has 0 radical (unpaired) electrons. The van der Waals surface area contributed by atoms with E-state index in [1.807, 2.05) is 6.08 Å². The summed E-state index contributed by atoms with van der Waals surface area (Å²) in [5, 5.41) is 9.56. The van der Waals surface area contributed by atoms with Crippen molar-refractivity contribution >= 4 is 0 Å². The second-order valence-corrected chi connectivity index (χ2v) is 4.88. The number of allylic oxidation sites excluding steroid dienone is 1. The molecule has 1 fully saturated rings. The third kappa shape index (κ3) is 3.89. The highest BCUT2D eigenvalue weighted by atomic mass is 16.5. The van der Waals surface area contributed by atoms with Gasteiger partial charge in [0.25, 0.3) is 0 Å². The molecule has 0 aliphatic carbocycles. The zero-order valence-corrected chi connectivity index (χ0v) is 10.5. The van der Waals surface area contributed by atoms with Crippen molar-refractivity contribution < 1.29 is 9.84 Å². The Morgan fingerprint density at radius 2 is 2.38 bits per heavy atom. The first-order chi connectivity index (χ1) is 7.76. The normalized spacial score (nSPS) is 26.9. The molecule has 1 unspecified atom stereocenters. The molecule has 1 saturated heterocycles. The van der Waals surface area contributed by atoms with Crippen molar-refractivity contribution in [3.8, 4) is 0 Å². The van der Waals surface area contributed by atoms with Crippen LogP contribution in [0, 0.1) is 5.41 Å². The maximum Gasteiger partial charge on any atom is 0.0502 e. The summed E-state index contributed by atoms with van der Waals surface area (Å²) in [6, 6.07) is 0. The molecule has 94 valence electrons. The van der Waals surface area contributed by atoms with Gasteiger partial charge in [0.1, 0.15) is 0 Å². The highest BCUT2D eigenvalue weighted by molar-refractivity contribution is 4.91. The van der Waals surface area contributed by atoms with Crippen molar-refractivity contribution in [2.75, 3.05) is 40.0 Å². The van der Waals surface area contributed by atoms with Gasteiger partial charge >= 0.3 is 0 Å². The largest absolute Gasteiger partial charge is 0.396 e. The number of piperidine rings is 1. The van der Waals surface area contributed by atoms with Crippen LogP contribution in [0.25, 0.3) is 0 Å². The number of nitrogens with zero attached hydrogens (tertiary/aromatic N) is 1. The molecule has 1 N–H and O–H groups in total. The number of aliphatic hydroxyl groups excluding tert-OH is 1. The molecule has 1 heterocycles. The van der Waals surface area contributed by atoms with Crippen LogP contribution in [0.3, 0.4) is 0 Å². The molecule has 1 rings (SSSR count).